The molecule has 1 N–H and O–H groups in total. The van der Waals surface area contributed by atoms with E-state index in [0.717, 1.165) is 24.3 Å². The third-order valence-electron chi connectivity index (χ3n) is 3.57. The number of ether oxygens (including phenoxy) is 1. The summed E-state index contributed by atoms with van der Waals surface area (Å²) in [7, 11) is 0. The number of hydrogen-bond donors (Lipinski definition) is 1. The summed E-state index contributed by atoms with van der Waals surface area (Å²) in [5.41, 5.74) is 0.667. The van der Waals surface area contributed by atoms with E-state index in [1.807, 2.05) is 6.07 Å². The van der Waals surface area contributed by atoms with Crippen molar-refractivity contribution in [3.63, 3.8) is 0 Å². The van der Waals surface area contributed by atoms with Crippen LogP contribution < -0.4 is 10.2 Å². The number of amides is 2. The van der Waals surface area contributed by atoms with Crippen molar-refractivity contribution in [3.8, 4) is 0 Å². The third-order valence-corrected chi connectivity index (χ3v) is 3.92. The number of imide groups is 1. The molecule has 0 bridgehead atoms. The molecule has 1 atom stereocenters. The number of nitrogens with one attached hydrogen (secondary N) is 1. The summed E-state index contributed by atoms with van der Waals surface area (Å²) in [4.78, 5) is 25.6. The average Bonchev–Trinajstić information content (AvgIpc) is 3.08. The molecule has 0 unspecified atom stereocenters. The molecule has 2 aliphatic heterocycles. The highest BCUT2D eigenvalue weighted by molar-refractivity contribution is 6.52. The van der Waals surface area contributed by atoms with Gasteiger partial charge in [-0.05, 0) is 25.0 Å². The summed E-state index contributed by atoms with van der Waals surface area (Å²) in [6, 6.07) is 8.75. The molecule has 0 spiro atoms. The fraction of sp³-hybridized carbons (Fsp3) is 0.333. The van der Waals surface area contributed by atoms with Crippen molar-refractivity contribution in [2.24, 2.45) is 0 Å². The van der Waals surface area contributed by atoms with Gasteiger partial charge in [0.1, 0.15) is 10.7 Å². The Morgan fingerprint density at radius 1 is 1.24 bits per heavy atom. The molecule has 0 aromatic heterocycles. The molecule has 0 radical (unpaired) electrons. The minimum absolute atomic E-state index is 0.0654. The molecular formula is C15H15ClN2O3. The SMILES string of the molecule is O=C1C(Cl)=C(NC[C@H]2CCCO2)C(=O)N1c1ccccc1. The van der Waals surface area contributed by atoms with Crippen molar-refractivity contribution in [3.05, 3.63) is 41.1 Å². The molecule has 1 fully saturated rings. The Morgan fingerprint density at radius 2 is 2.00 bits per heavy atom. The van der Waals surface area contributed by atoms with Crippen LogP contribution in [0, 0.1) is 0 Å². The largest absolute Gasteiger partial charge is 0.377 e. The topological polar surface area (TPSA) is 58.6 Å². The summed E-state index contributed by atoms with van der Waals surface area (Å²) in [6.07, 6.45) is 2.03. The van der Waals surface area contributed by atoms with Gasteiger partial charge in [0.05, 0.1) is 11.8 Å². The van der Waals surface area contributed by atoms with E-state index in [-0.39, 0.29) is 16.8 Å². The van der Waals surface area contributed by atoms with Crippen LogP contribution in [0.1, 0.15) is 12.8 Å². The van der Waals surface area contributed by atoms with Crippen molar-refractivity contribution in [2.45, 2.75) is 18.9 Å². The zero-order chi connectivity index (χ0) is 14.8. The molecule has 110 valence electrons. The van der Waals surface area contributed by atoms with Gasteiger partial charge in [-0.1, -0.05) is 29.8 Å². The van der Waals surface area contributed by atoms with Crippen molar-refractivity contribution in [2.75, 3.05) is 18.1 Å². The maximum absolute atomic E-state index is 12.4. The van der Waals surface area contributed by atoms with E-state index in [9.17, 15) is 9.59 Å². The lowest BCUT2D eigenvalue weighted by molar-refractivity contribution is -0.120. The van der Waals surface area contributed by atoms with E-state index in [1.165, 1.54) is 0 Å². The Balaban J connectivity index is 1.75. The van der Waals surface area contributed by atoms with Crippen LogP contribution in [0.3, 0.4) is 0 Å². The number of carbonyl (C=O) groups is 2. The standard InChI is InChI=1S/C15H15ClN2O3/c16-12-13(17-9-11-7-4-8-21-11)15(20)18(14(12)19)10-5-2-1-3-6-10/h1-3,5-6,11,17H,4,7-9H2/t11-/m1/s1. The molecule has 5 nitrogen and oxygen atoms in total. The lowest BCUT2D eigenvalue weighted by Crippen LogP contribution is -2.35. The quantitative estimate of drug-likeness (QED) is 0.862. The number of para-hydroxylation sites is 1. The van der Waals surface area contributed by atoms with Crippen molar-refractivity contribution >= 4 is 29.1 Å². The van der Waals surface area contributed by atoms with E-state index in [0.29, 0.717) is 12.2 Å². The number of hydrogen-bond acceptors (Lipinski definition) is 4. The first-order valence-corrected chi connectivity index (χ1v) is 7.25. The van der Waals surface area contributed by atoms with Crippen molar-refractivity contribution in [1.82, 2.24) is 5.32 Å². The second-order valence-electron chi connectivity index (χ2n) is 4.99. The smallest absolute Gasteiger partial charge is 0.283 e. The molecule has 1 aromatic carbocycles. The maximum Gasteiger partial charge on any atom is 0.283 e. The van der Waals surface area contributed by atoms with Crippen molar-refractivity contribution in [1.29, 1.82) is 0 Å². The fourth-order valence-electron chi connectivity index (χ4n) is 2.49. The molecule has 2 heterocycles. The van der Waals surface area contributed by atoms with Crippen molar-refractivity contribution < 1.29 is 14.3 Å². The number of rotatable bonds is 4. The Bertz CT molecular complexity index is 594. The second-order valence-corrected chi connectivity index (χ2v) is 5.36. The van der Waals surface area contributed by atoms with Gasteiger partial charge in [-0.15, -0.1) is 0 Å². The van der Waals surface area contributed by atoms with Gasteiger partial charge in [-0.25, -0.2) is 4.90 Å². The number of halogens is 1. The number of benzene rings is 1. The molecule has 2 aliphatic rings. The van der Waals surface area contributed by atoms with Gasteiger partial charge >= 0.3 is 0 Å². The van der Waals surface area contributed by atoms with Gasteiger partial charge in [0.15, 0.2) is 0 Å². The van der Waals surface area contributed by atoms with E-state index in [4.69, 9.17) is 16.3 Å². The van der Waals surface area contributed by atoms with Gasteiger partial charge in [-0.3, -0.25) is 9.59 Å². The molecule has 1 saturated heterocycles. The minimum Gasteiger partial charge on any atom is -0.377 e. The molecule has 1 aromatic rings. The molecule has 21 heavy (non-hydrogen) atoms. The molecule has 6 heteroatoms. The van der Waals surface area contributed by atoms with Crippen LogP contribution in [0.5, 0.6) is 0 Å². The van der Waals surface area contributed by atoms with Crippen LogP contribution in [-0.4, -0.2) is 31.1 Å². The highest BCUT2D eigenvalue weighted by Crippen LogP contribution is 2.27. The van der Waals surface area contributed by atoms with Crippen LogP contribution in [0.15, 0.2) is 41.1 Å². The molecule has 0 aliphatic carbocycles. The normalized spacial score (nSPS) is 22.3. The van der Waals surface area contributed by atoms with Gasteiger partial charge in [-0.2, -0.15) is 0 Å². The predicted octanol–water partition coefficient (Wildman–Crippen LogP) is 1.78. The lowest BCUT2D eigenvalue weighted by Gasteiger charge is -2.15. The predicted molar refractivity (Wildman–Crippen MR) is 78.8 cm³/mol. The number of nitrogens with zero attached hydrogens (tertiary/aromatic N) is 1. The van der Waals surface area contributed by atoms with Crippen LogP contribution >= 0.6 is 11.6 Å². The molecular weight excluding hydrogens is 292 g/mol. The van der Waals surface area contributed by atoms with Crippen LogP contribution in [-0.2, 0) is 14.3 Å². The summed E-state index contributed by atoms with van der Waals surface area (Å²) in [5, 5.41) is 2.90. The Labute approximate surface area is 127 Å². The maximum atomic E-state index is 12.4. The molecule has 0 saturated carbocycles. The van der Waals surface area contributed by atoms with Gasteiger partial charge in [0.25, 0.3) is 11.8 Å². The summed E-state index contributed by atoms with van der Waals surface area (Å²) >= 11 is 6.02. The fourth-order valence-corrected chi connectivity index (χ4v) is 2.72. The summed E-state index contributed by atoms with van der Waals surface area (Å²) < 4.78 is 5.48. The number of carbonyl (C=O) groups excluding carboxylic acids is 2. The Hall–Kier alpha value is -1.85. The first-order valence-electron chi connectivity index (χ1n) is 6.87. The van der Waals surface area contributed by atoms with Gasteiger partial charge in [0.2, 0.25) is 0 Å². The molecule has 3 rings (SSSR count). The van der Waals surface area contributed by atoms with Crippen LogP contribution in [0.4, 0.5) is 5.69 Å². The number of anilines is 1. The lowest BCUT2D eigenvalue weighted by atomic mass is 10.2. The van der Waals surface area contributed by atoms with E-state index in [1.54, 1.807) is 24.3 Å². The van der Waals surface area contributed by atoms with Gasteiger partial charge < -0.3 is 10.1 Å². The average molecular weight is 307 g/mol. The second kappa shape index (κ2) is 5.87. The summed E-state index contributed by atoms with van der Waals surface area (Å²) in [5.74, 6) is -0.920. The van der Waals surface area contributed by atoms with Crippen LogP contribution in [0.25, 0.3) is 0 Å². The summed E-state index contributed by atoms with van der Waals surface area (Å²) in [6.45, 7) is 1.22. The first kappa shape index (κ1) is 14.1. The monoisotopic (exact) mass is 306 g/mol. The van der Waals surface area contributed by atoms with E-state index in [2.05, 4.69) is 5.32 Å². The zero-order valence-electron chi connectivity index (χ0n) is 11.3. The molecule has 2 amide bonds. The third kappa shape index (κ3) is 2.66. The first-order chi connectivity index (χ1) is 10.2. The zero-order valence-corrected chi connectivity index (χ0v) is 12.1. The Kier molecular flexibility index (Phi) is 3.94. The van der Waals surface area contributed by atoms with Gasteiger partial charge in [0, 0.05) is 13.2 Å². The van der Waals surface area contributed by atoms with E-state index < -0.39 is 11.8 Å². The van der Waals surface area contributed by atoms with E-state index >= 15 is 0 Å². The Morgan fingerprint density at radius 3 is 2.67 bits per heavy atom. The highest BCUT2D eigenvalue weighted by atomic mass is 35.5. The minimum atomic E-state index is -0.497. The van der Waals surface area contributed by atoms with Crippen LogP contribution in [0.2, 0.25) is 0 Å². The highest BCUT2D eigenvalue weighted by Gasteiger charge is 2.38.